The second-order valence-electron chi connectivity index (χ2n) is 4.21. The number of nitrogens with zero attached hydrogens (tertiary/aromatic N) is 2. The number of anilines is 1. The van der Waals surface area contributed by atoms with Crippen LogP contribution >= 0.6 is 15.9 Å². The second-order valence-corrected chi connectivity index (χ2v) is 5.00. The zero-order chi connectivity index (χ0) is 12.8. The molecule has 1 aromatic rings. The van der Waals surface area contributed by atoms with Crippen LogP contribution in [0.25, 0.3) is 0 Å². The van der Waals surface area contributed by atoms with E-state index in [0.29, 0.717) is 17.1 Å². The Hall–Kier alpha value is -0.840. The molecular weight excluding hydrogens is 282 g/mol. The molecule has 0 bridgehead atoms. The van der Waals surface area contributed by atoms with Gasteiger partial charge >= 0.3 is 0 Å². The fourth-order valence-electron chi connectivity index (χ4n) is 1.40. The first-order valence-electron chi connectivity index (χ1n) is 6.12. The maximum atomic E-state index is 12.0. The van der Waals surface area contributed by atoms with Crippen molar-refractivity contribution in [3.8, 4) is 0 Å². The molecule has 1 unspecified atom stereocenters. The summed E-state index contributed by atoms with van der Waals surface area (Å²) in [6.45, 7) is 6.95. The first-order valence-corrected chi connectivity index (χ1v) is 6.91. The van der Waals surface area contributed by atoms with Crippen molar-refractivity contribution < 1.29 is 0 Å². The van der Waals surface area contributed by atoms with Crippen LogP contribution in [0, 0.1) is 0 Å². The van der Waals surface area contributed by atoms with E-state index < -0.39 is 0 Å². The lowest BCUT2D eigenvalue weighted by Gasteiger charge is -2.14. The number of unbranched alkanes of at least 4 members (excludes halogenated alkanes) is 1. The summed E-state index contributed by atoms with van der Waals surface area (Å²) in [4.78, 5) is 12.0. The predicted octanol–water partition coefficient (Wildman–Crippen LogP) is 3.02. The Labute approximate surface area is 111 Å². The lowest BCUT2D eigenvalue weighted by atomic mass is 10.2. The topological polar surface area (TPSA) is 46.9 Å². The molecule has 0 saturated heterocycles. The Balaban J connectivity index is 2.90. The zero-order valence-corrected chi connectivity index (χ0v) is 12.2. The molecule has 0 fully saturated rings. The van der Waals surface area contributed by atoms with Gasteiger partial charge in [0.1, 0.15) is 4.47 Å². The summed E-state index contributed by atoms with van der Waals surface area (Å²) < 4.78 is 2.08. The monoisotopic (exact) mass is 301 g/mol. The molecule has 0 radical (unpaired) electrons. The quantitative estimate of drug-likeness (QED) is 0.878. The Kier molecular flexibility index (Phi) is 5.68. The Bertz CT molecular complexity index is 417. The van der Waals surface area contributed by atoms with Crippen molar-refractivity contribution >= 4 is 21.6 Å². The summed E-state index contributed by atoms with van der Waals surface area (Å²) in [6.07, 6.45) is 4.74. The molecule has 0 aliphatic rings. The summed E-state index contributed by atoms with van der Waals surface area (Å²) in [5.74, 6) is 0. The van der Waals surface area contributed by atoms with Crippen LogP contribution in [-0.4, -0.2) is 15.8 Å². The van der Waals surface area contributed by atoms with Gasteiger partial charge in [-0.05, 0) is 35.7 Å². The Morgan fingerprint density at radius 2 is 2.24 bits per heavy atom. The molecule has 1 aromatic heterocycles. The maximum absolute atomic E-state index is 12.0. The van der Waals surface area contributed by atoms with E-state index in [2.05, 4.69) is 47.1 Å². The second kappa shape index (κ2) is 6.79. The van der Waals surface area contributed by atoms with E-state index in [1.165, 1.54) is 4.68 Å². The van der Waals surface area contributed by atoms with Crippen LogP contribution in [0.2, 0.25) is 0 Å². The van der Waals surface area contributed by atoms with Gasteiger partial charge in [-0.25, -0.2) is 4.68 Å². The van der Waals surface area contributed by atoms with Gasteiger partial charge < -0.3 is 5.32 Å². The number of hydrogen-bond donors (Lipinski definition) is 1. The summed E-state index contributed by atoms with van der Waals surface area (Å²) >= 11 is 3.34. The average Bonchev–Trinajstić information content (AvgIpc) is 2.34. The van der Waals surface area contributed by atoms with Crippen molar-refractivity contribution in [2.24, 2.45) is 0 Å². The number of nitrogens with one attached hydrogen (secondary N) is 1. The fraction of sp³-hybridized carbons (Fsp3) is 0.667. The summed E-state index contributed by atoms with van der Waals surface area (Å²) in [6, 6.07) is 0.332. The molecule has 96 valence electrons. The minimum atomic E-state index is -0.0632. The Morgan fingerprint density at radius 3 is 2.82 bits per heavy atom. The molecule has 0 aliphatic carbocycles. The Morgan fingerprint density at radius 1 is 1.53 bits per heavy atom. The third-order valence-corrected chi connectivity index (χ3v) is 3.49. The lowest BCUT2D eigenvalue weighted by Crippen LogP contribution is -2.26. The SMILES string of the molecule is CCCCn1ncc(NC(C)CC)c(Br)c1=O. The molecule has 5 heteroatoms. The van der Waals surface area contributed by atoms with E-state index in [1.807, 2.05) is 0 Å². The smallest absolute Gasteiger partial charge is 0.283 e. The van der Waals surface area contributed by atoms with E-state index in [0.717, 1.165) is 24.9 Å². The molecule has 0 aromatic carbocycles. The first-order chi connectivity index (χ1) is 8.10. The molecule has 0 spiro atoms. The van der Waals surface area contributed by atoms with E-state index in [4.69, 9.17) is 0 Å². The zero-order valence-electron chi connectivity index (χ0n) is 10.7. The highest BCUT2D eigenvalue weighted by molar-refractivity contribution is 9.10. The lowest BCUT2D eigenvalue weighted by molar-refractivity contribution is 0.540. The molecule has 17 heavy (non-hydrogen) atoms. The van der Waals surface area contributed by atoms with Crippen molar-refractivity contribution in [3.05, 3.63) is 21.0 Å². The largest absolute Gasteiger partial charge is 0.380 e. The van der Waals surface area contributed by atoms with Crippen LogP contribution in [0.15, 0.2) is 15.5 Å². The molecular formula is C12H20BrN3O. The maximum Gasteiger partial charge on any atom is 0.283 e. The highest BCUT2D eigenvalue weighted by Crippen LogP contribution is 2.17. The van der Waals surface area contributed by atoms with Crippen LogP contribution in [0.1, 0.15) is 40.0 Å². The molecule has 1 heterocycles. The van der Waals surface area contributed by atoms with Crippen LogP contribution < -0.4 is 10.9 Å². The van der Waals surface area contributed by atoms with Gasteiger partial charge in [-0.3, -0.25) is 4.79 Å². The first kappa shape index (κ1) is 14.2. The summed E-state index contributed by atoms with van der Waals surface area (Å²) in [5.41, 5.74) is 0.712. The van der Waals surface area contributed by atoms with Crippen LogP contribution in [0.4, 0.5) is 5.69 Å². The number of rotatable bonds is 6. The highest BCUT2D eigenvalue weighted by atomic mass is 79.9. The minimum Gasteiger partial charge on any atom is -0.380 e. The molecule has 0 saturated carbocycles. The van der Waals surface area contributed by atoms with E-state index >= 15 is 0 Å². The number of halogens is 1. The van der Waals surface area contributed by atoms with Crippen molar-refractivity contribution in [1.82, 2.24) is 9.78 Å². The fourth-order valence-corrected chi connectivity index (χ4v) is 1.82. The van der Waals surface area contributed by atoms with Crippen molar-refractivity contribution in [2.45, 2.75) is 52.6 Å². The highest BCUT2D eigenvalue weighted by Gasteiger charge is 2.09. The third-order valence-electron chi connectivity index (χ3n) is 2.72. The molecule has 1 atom stereocenters. The standard InChI is InChI=1S/C12H20BrN3O/c1-4-6-7-16-12(17)11(13)10(8-14-16)15-9(3)5-2/h8-9,15H,4-7H2,1-3H3. The van der Waals surface area contributed by atoms with Crippen LogP contribution in [0.5, 0.6) is 0 Å². The van der Waals surface area contributed by atoms with Gasteiger partial charge in [0.05, 0.1) is 11.9 Å². The van der Waals surface area contributed by atoms with E-state index in [-0.39, 0.29) is 5.56 Å². The third kappa shape index (κ3) is 3.84. The van der Waals surface area contributed by atoms with E-state index in [9.17, 15) is 4.79 Å². The molecule has 1 N–H and O–H groups in total. The van der Waals surface area contributed by atoms with Gasteiger partial charge in [0, 0.05) is 12.6 Å². The van der Waals surface area contributed by atoms with Crippen molar-refractivity contribution in [3.63, 3.8) is 0 Å². The van der Waals surface area contributed by atoms with Gasteiger partial charge in [-0.2, -0.15) is 5.10 Å². The van der Waals surface area contributed by atoms with Gasteiger partial charge in [-0.1, -0.05) is 20.3 Å². The molecule has 4 nitrogen and oxygen atoms in total. The number of aromatic nitrogens is 2. The number of aryl methyl sites for hydroxylation is 1. The molecule has 0 aliphatic heterocycles. The molecule has 0 amide bonds. The number of hydrogen-bond acceptors (Lipinski definition) is 3. The molecule has 1 rings (SSSR count). The summed E-state index contributed by atoms with van der Waals surface area (Å²) in [5, 5.41) is 7.44. The van der Waals surface area contributed by atoms with Crippen molar-refractivity contribution in [2.75, 3.05) is 5.32 Å². The van der Waals surface area contributed by atoms with Crippen LogP contribution in [0.3, 0.4) is 0 Å². The van der Waals surface area contributed by atoms with Gasteiger partial charge in [0.2, 0.25) is 0 Å². The van der Waals surface area contributed by atoms with E-state index in [1.54, 1.807) is 6.20 Å². The summed E-state index contributed by atoms with van der Waals surface area (Å²) in [7, 11) is 0. The predicted molar refractivity (Wildman–Crippen MR) is 74.5 cm³/mol. The van der Waals surface area contributed by atoms with Gasteiger partial charge in [-0.15, -0.1) is 0 Å². The van der Waals surface area contributed by atoms with Crippen LogP contribution in [-0.2, 0) is 6.54 Å². The normalized spacial score (nSPS) is 12.5. The van der Waals surface area contributed by atoms with Crippen molar-refractivity contribution in [1.29, 1.82) is 0 Å². The minimum absolute atomic E-state index is 0.0632. The average molecular weight is 302 g/mol. The van der Waals surface area contributed by atoms with Gasteiger partial charge in [0.25, 0.3) is 5.56 Å². The van der Waals surface area contributed by atoms with Gasteiger partial charge in [0.15, 0.2) is 0 Å².